The Bertz CT molecular complexity index is 445. The average Bonchev–Trinajstić information content (AvgIpc) is 2.68. The van der Waals surface area contributed by atoms with Gasteiger partial charge in [0.2, 0.25) is 5.91 Å². The lowest BCUT2D eigenvalue weighted by Crippen LogP contribution is -2.54. The van der Waals surface area contributed by atoms with E-state index < -0.39 is 0 Å². The first-order valence-corrected chi connectivity index (χ1v) is 10.7. The Balaban J connectivity index is 0.00000261. The van der Waals surface area contributed by atoms with E-state index in [1.54, 1.807) is 0 Å². The second-order valence-corrected chi connectivity index (χ2v) is 8.49. The molecule has 1 atom stereocenters. The lowest BCUT2D eigenvalue weighted by Gasteiger charge is -2.40. The Kier molecular flexibility index (Phi) is 15.2. The van der Waals surface area contributed by atoms with E-state index in [-0.39, 0.29) is 37.2 Å². The predicted molar refractivity (Wildman–Crippen MR) is 126 cm³/mol. The molecule has 0 bridgehead atoms. The highest BCUT2D eigenvalue weighted by Crippen LogP contribution is 2.19. The van der Waals surface area contributed by atoms with E-state index in [0.29, 0.717) is 18.1 Å². The molecule has 1 amide bonds. The molecule has 0 radical (unpaired) electrons. The van der Waals surface area contributed by atoms with Gasteiger partial charge in [0.25, 0.3) is 0 Å². The first kappa shape index (κ1) is 29.2. The van der Waals surface area contributed by atoms with Gasteiger partial charge in [-0.2, -0.15) is 0 Å². The highest BCUT2D eigenvalue weighted by Gasteiger charge is 2.27. The molecule has 9 heteroatoms. The van der Waals surface area contributed by atoms with Crippen molar-refractivity contribution in [2.75, 3.05) is 65.5 Å². The summed E-state index contributed by atoms with van der Waals surface area (Å²) in [6.07, 6.45) is 4.58. The summed E-state index contributed by atoms with van der Waals surface area (Å²) >= 11 is 0. The van der Waals surface area contributed by atoms with Crippen LogP contribution >= 0.6 is 37.2 Å². The highest BCUT2D eigenvalue weighted by molar-refractivity contribution is 5.86. The molecule has 1 unspecified atom stereocenters. The maximum Gasteiger partial charge on any atom is 0.222 e. The van der Waals surface area contributed by atoms with E-state index in [4.69, 9.17) is 4.74 Å². The van der Waals surface area contributed by atoms with Crippen molar-refractivity contribution in [2.45, 2.75) is 51.7 Å². The van der Waals surface area contributed by atoms with Crippen LogP contribution in [0.2, 0.25) is 0 Å². The zero-order valence-electron chi connectivity index (χ0n) is 18.0. The molecule has 1 N–H and O–H groups in total. The molecule has 0 spiro atoms. The SMILES string of the molecule is CC(C)N1CCOC(CN2CCN(C(=O)CCC3CCNCC3)CC2)C1.Cl.Cl.Cl. The van der Waals surface area contributed by atoms with Gasteiger partial charge in [-0.15, -0.1) is 37.2 Å². The van der Waals surface area contributed by atoms with Gasteiger partial charge in [0, 0.05) is 58.3 Å². The van der Waals surface area contributed by atoms with Crippen LogP contribution in [0.3, 0.4) is 0 Å². The molecule has 0 aromatic heterocycles. The van der Waals surface area contributed by atoms with Gasteiger partial charge in [0.1, 0.15) is 0 Å². The molecule has 6 nitrogen and oxygen atoms in total. The molecular weight excluding hydrogens is 435 g/mol. The molecule has 3 saturated heterocycles. The molecule has 3 heterocycles. The summed E-state index contributed by atoms with van der Waals surface area (Å²) in [5.74, 6) is 1.11. The van der Waals surface area contributed by atoms with Gasteiger partial charge in [-0.05, 0) is 52.1 Å². The molecule has 0 aliphatic carbocycles. The summed E-state index contributed by atoms with van der Waals surface area (Å²) in [7, 11) is 0. The van der Waals surface area contributed by atoms with Crippen LogP contribution in [0, 0.1) is 5.92 Å². The van der Waals surface area contributed by atoms with Gasteiger partial charge in [0.15, 0.2) is 0 Å². The number of nitrogens with zero attached hydrogens (tertiary/aromatic N) is 3. The molecule has 3 aliphatic heterocycles. The van der Waals surface area contributed by atoms with Gasteiger partial charge in [0.05, 0.1) is 12.7 Å². The summed E-state index contributed by atoms with van der Waals surface area (Å²) in [5, 5.41) is 3.40. The Morgan fingerprint density at radius 3 is 2.31 bits per heavy atom. The van der Waals surface area contributed by atoms with E-state index in [1.165, 1.54) is 12.8 Å². The molecule has 0 saturated carbocycles. The van der Waals surface area contributed by atoms with Crippen LogP contribution in [0.1, 0.15) is 39.5 Å². The van der Waals surface area contributed by atoms with Crippen molar-refractivity contribution >= 4 is 43.1 Å². The van der Waals surface area contributed by atoms with Gasteiger partial charge in [-0.25, -0.2) is 0 Å². The maximum absolute atomic E-state index is 12.5. The summed E-state index contributed by atoms with van der Waals surface area (Å²) in [6, 6.07) is 0.593. The Labute approximate surface area is 195 Å². The van der Waals surface area contributed by atoms with E-state index in [0.717, 1.165) is 84.3 Å². The van der Waals surface area contributed by atoms with Crippen LogP contribution in [-0.2, 0) is 9.53 Å². The molecular formula is C20H41Cl3N4O2. The van der Waals surface area contributed by atoms with Crippen LogP contribution < -0.4 is 5.32 Å². The molecule has 174 valence electrons. The number of rotatable bonds is 6. The minimum atomic E-state index is 0. The second-order valence-electron chi connectivity index (χ2n) is 8.49. The maximum atomic E-state index is 12.5. The number of piperazine rings is 1. The zero-order chi connectivity index (χ0) is 18.4. The van der Waals surface area contributed by atoms with Gasteiger partial charge in [-0.1, -0.05) is 0 Å². The number of ether oxygens (including phenoxy) is 1. The number of carbonyl (C=O) groups excluding carboxylic acids is 1. The van der Waals surface area contributed by atoms with E-state index in [2.05, 4.69) is 33.9 Å². The van der Waals surface area contributed by atoms with Crippen molar-refractivity contribution in [1.29, 1.82) is 0 Å². The van der Waals surface area contributed by atoms with E-state index in [1.807, 2.05) is 0 Å². The monoisotopic (exact) mass is 474 g/mol. The molecule has 3 fully saturated rings. The molecule has 0 aromatic carbocycles. The normalized spacial score (nSPS) is 24.4. The fourth-order valence-corrected chi connectivity index (χ4v) is 4.45. The molecule has 0 aromatic rings. The number of carbonyl (C=O) groups is 1. The van der Waals surface area contributed by atoms with E-state index >= 15 is 0 Å². The standard InChI is InChI=1S/C20H38N4O2.3ClH/c1-17(2)24-13-14-26-19(16-24)15-22-9-11-23(12-10-22)20(25)4-3-18-5-7-21-8-6-18;;;/h17-19,21H,3-16H2,1-2H3;3*1H. The number of piperidine rings is 1. The molecule has 29 heavy (non-hydrogen) atoms. The fourth-order valence-electron chi connectivity index (χ4n) is 4.45. The summed E-state index contributed by atoms with van der Waals surface area (Å²) in [5.41, 5.74) is 0. The fraction of sp³-hybridized carbons (Fsp3) is 0.950. The summed E-state index contributed by atoms with van der Waals surface area (Å²) in [6.45, 7) is 14.4. The first-order valence-electron chi connectivity index (χ1n) is 10.7. The smallest absolute Gasteiger partial charge is 0.222 e. The van der Waals surface area contributed by atoms with E-state index in [9.17, 15) is 4.79 Å². The Morgan fingerprint density at radius 1 is 1.03 bits per heavy atom. The largest absolute Gasteiger partial charge is 0.374 e. The molecule has 3 rings (SSSR count). The third-order valence-corrected chi connectivity index (χ3v) is 6.31. The quantitative estimate of drug-likeness (QED) is 0.639. The average molecular weight is 476 g/mol. The number of amides is 1. The van der Waals surface area contributed by atoms with Crippen molar-refractivity contribution < 1.29 is 9.53 Å². The summed E-state index contributed by atoms with van der Waals surface area (Å²) < 4.78 is 5.97. The van der Waals surface area contributed by atoms with Crippen molar-refractivity contribution in [3.8, 4) is 0 Å². The van der Waals surface area contributed by atoms with Gasteiger partial charge in [-0.3, -0.25) is 14.6 Å². The van der Waals surface area contributed by atoms with Gasteiger partial charge < -0.3 is 15.0 Å². The first-order chi connectivity index (χ1) is 12.6. The third kappa shape index (κ3) is 9.46. The van der Waals surface area contributed by atoms with Crippen LogP contribution in [-0.4, -0.2) is 98.3 Å². The van der Waals surface area contributed by atoms with Crippen LogP contribution in [0.4, 0.5) is 0 Å². The van der Waals surface area contributed by atoms with Crippen LogP contribution in [0.25, 0.3) is 0 Å². The van der Waals surface area contributed by atoms with Crippen molar-refractivity contribution in [1.82, 2.24) is 20.0 Å². The lowest BCUT2D eigenvalue weighted by molar-refractivity contribution is -0.133. The van der Waals surface area contributed by atoms with Crippen molar-refractivity contribution in [3.05, 3.63) is 0 Å². The lowest BCUT2D eigenvalue weighted by atomic mass is 9.93. The van der Waals surface area contributed by atoms with Gasteiger partial charge >= 0.3 is 0 Å². The summed E-state index contributed by atoms with van der Waals surface area (Å²) in [4.78, 5) is 19.6. The number of halogens is 3. The Hall–Kier alpha value is 0.180. The van der Waals surface area contributed by atoms with Crippen LogP contribution in [0.15, 0.2) is 0 Å². The number of nitrogens with one attached hydrogen (secondary N) is 1. The number of morpholine rings is 1. The zero-order valence-corrected chi connectivity index (χ0v) is 20.5. The predicted octanol–water partition coefficient (Wildman–Crippen LogP) is 2.29. The second kappa shape index (κ2) is 15.1. The number of hydrogen-bond acceptors (Lipinski definition) is 5. The van der Waals surface area contributed by atoms with Crippen molar-refractivity contribution in [3.63, 3.8) is 0 Å². The van der Waals surface area contributed by atoms with Crippen molar-refractivity contribution in [2.24, 2.45) is 5.92 Å². The van der Waals surface area contributed by atoms with Crippen LogP contribution in [0.5, 0.6) is 0 Å². The minimum absolute atomic E-state index is 0. The Morgan fingerprint density at radius 2 is 1.69 bits per heavy atom. The third-order valence-electron chi connectivity index (χ3n) is 6.31. The topological polar surface area (TPSA) is 48.1 Å². The number of hydrogen-bond donors (Lipinski definition) is 1. The highest BCUT2D eigenvalue weighted by atomic mass is 35.5. The minimum Gasteiger partial charge on any atom is -0.374 e. The molecule has 3 aliphatic rings.